The number of imidazole rings is 1. The van der Waals surface area contributed by atoms with Gasteiger partial charge in [0.15, 0.2) is 0 Å². The van der Waals surface area contributed by atoms with Gasteiger partial charge in [-0.05, 0) is 11.0 Å². The van der Waals surface area contributed by atoms with Crippen molar-refractivity contribution in [3.63, 3.8) is 0 Å². The summed E-state index contributed by atoms with van der Waals surface area (Å²) in [5, 5.41) is 4.13. The highest BCUT2D eigenvalue weighted by atomic mass is 16.5. The van der Waals surface area contributed by atoms with Crippen LogP contribution in [0.4, 0.5) is 0 Å². The molecule has 1 aliphatic carbocycles. The molecule has 1 fully saturated rings. The van der Waals surface area contributed by atoms with Crippen molar-refractivity contribution in [2.24, 2.45) is 12.5 Å². The largest absolute Gasteiger partial charge is 0.339 e. The lowest BCUT2D eigenvalue weighted by atomic mass is 10.0. The Bertz CT molecular complexity index is 803. The molecule has 0 bridgehead atoms. The molecule has 5 heteroatoms. The van der Waals surface area contributed by atoms with Gasteiger partial charge in [-0.1, -0.05) is 49.3 Å². The molecule has 1 aliphatic rings. The number of hydrogen-bond donors (Lipinski definition) is 0. The Balaban J connectivity index is 1.66. The lowest BCUT2D eigenvalue weighted by Gasteiger charge is -2.01. The van der Waals surface area contributed by atoms with E-state index < -0.39 is 0 Å². The molecule has 2 atom stereocenters. The minimum atomic E-state index is 0.137. The fraction of sp³-hybridized carbons (Fsp3) is 0.353. The normalized spacial score (nSPS) is 22.7. The zero-order valence-corrected chi connectivity index (χ0v) is 12.9. The van der Waals surface area contributed by atoms with Crippen molar-refractivity contribution in [3.8, 4) is 11.5 Å². The van der Waals surface area contributed by atoms with E-state index >= 15 is 0 Å². The first-order chi connectivity index (χ1) is 10.6. The molecule has 0 N–H and O–H groups in total. The number of hydrogen-bond acceptors (Lipinski definition) is 4. The Morgan fingerprint density at radius 1 is 1.14 bits per heavy atom. The van der Waals surface area contributed by atoms with Crippen LogP contribution in [0.5, 0.6) is 0 Å². The molecular formula is C17H18N4O. The molecule has 2 aromatic heterocycles. The zero-order valence-electron chi connectivity index (χ0n) is 12.9. The van der Waals surface area contributed by atoms with Gasteiger partial charge >= 0.3 is 0 Å². The fourth-order valence-corrected chi connectivity index (χ4v) is 3.42. The van der Waals surface area contributed by atoms with Crippen LogP contribution in [0, 0.1) is 5.41 Å². The zero-order chi connectivity index (χ0) is 15.3. The predicted molar refractivity (Wildman–Crippen MR) is 82.2 cm³/mol. The average molecular weight is 294 g/mol. The molecule has 1 saturated carbocycles. The Hall–Kier alpha value is -2.43. The summed E-state index contributed by atoms with van der Waals surface area (Å²) in [5.41, 5.74) is 2.33. The van der Waals surface area contributed by atoms with E-state index in [0.717, 1.165) is 11.6 Å². The second-order valence-electron chi connectivity index (χ2n) is 6.53. The van der Waals surface area contributed by atoms with Gasteiger partial charge in [-0.2, -0.15) is 4.98 Å². The Kier molecular flexibility index (Phi) is 2.73. The highest BCUT2D eigenvalue weighted by Gasteiger charge is 2.61. The van der Waals surface area contributed by atoms with Gasteiger partial charge < -0.3 is 9.09 Å². The summed E-state index contributed by atoms with van der Waals surface area (Å²) >= 11 is 0. The van der Waals surface area contributed by atoms with Crippen molar-refractivity contribution in [2.75, 3.05) is 0 Å². The highest BCUT2D eigenvalue weighted by Crippen LogP contribution is 2.69. The number of rotatable bonds is 3. The maximum Gasteiger partial charge on any atom is 0.231 e. The van der Waals surface area contributed by atoms with E-state index in [2.05, 4.69) is 53.2 Å². The maximum absolute atomic E-state index is 5.55. The summed E-state index contributed by atoms with van der Waals surface area (Å²) in [5.74, 6) is 2.01. The summed E-state index contributed by atoms with van der Waals surface area (Å²) in [6.07, 6.45) is 3.49. The number of nitrogens with zero attached hydrogens (tertiary/aromatic N) is 4. The average Bonchev–Trinajstić information content (AvgIpc) is 2.92. The summed E-state index contributed by atoms with van der Waals surface area (Å²) < 4.78 is 7.44. The SMILES string of the molecule is Cn1cncc1-c1noc([C@@H]2[C@@H](c3ccccc3)C2(C)C)n1. The molecule has 0 radical (unpaired) electrons. The van der Waals surface area contributed by atoms with Crippen LogP contribution in [-0.2, 0) is 7.05 Å². The van der Waals surface area contributed by atoms with Gasteiger partial charge in [0, 0.05) is 13.0 Å². The standard InChI is InChI=1S/C17H18N4O/c1-17(2)13(11-7-5-4-6-8-11)14(17)16-19-15(20-22-16)12-9-18-10-21(12)3/h4-10,13-14H,1-3H3/t13-,14+/m1/s1. The molecule has 0 aliphatic heterocycles. The maximum atomic E-state index is 5.55. The van der Waals surface area contributed by atoms with Gasteiger partial charge in [0.05, 0.1) is 18.4 Å². The van der Waals surface area contributed by atoms with E-state index in [1.807, 2.05) is 17.7 Å². The quantitative estimate of drug-likeness (QED) is 0.743. The third kappa shape index (κ3) is 1.89. The topological polar surface area (TPSA) is 56.7 Å². The second kappa shape index (κ2) is 4.53. The molecule has 0 saturated heterocycles. The minimum absolute atomic E-state index is 0.137. The van der Waals surface area contributed by atoms with E-state index in [1.165, 1.54) is 5.56 Å². The van der Waals surface area contributed by atoms with Crippen molar-refractivity contribution in [2.45, 2.75) is 25.7 Å². The molecule has 0 unspecified atom stereocenters. The molecule has 4 rings (SSSR count). The van der Waals surface area contributed by atoms with Gasteiger partial charge in [-0.25, -0.2) is 4.98 Å². The van der Waals surface area contributed by atoms with E-state index in [4.69, 9.17) is 4.52 Å². The fourth-order valence-electron chi connectivity index (χ4n) is 3.42. The van der Waals surface area contributed by atoms with Crippen molar-refractivity contribution in [3.05, 3.63) is 54.3 Å². The molecular weight excluding hydrogens is 276 g/mol. The Morgan fingerprint density at radius 3 is 2.59 bits per heavy atom. The third-order valence-electron chi connectivity index (χ3n) is 4.74. The van der Waals surface area contributed by atoms with E-state index in [0.29, 0.717) is 11.7 Å². The van der Waals surface area contributed by atoms with E-state index in [9.17, 15) is 0 Å². The first-order valence-electron chi connectivity index (χ1n) is 7.44. The number of aryl methyl sites for hydroxylation is 1. The summed E-state index contributed by atoms with van der Waals surface area (Å²) in [6.45, 7) is 4.51. The van der Waals surface area contributed by atoms with Crippen LogP contribution >= 0.6 is 0 Å². The molecule has 0 spiro atoms. The van der Waals surface area contributed by atoms with Gasteiger partial charge in [0.25, 0.3) is 0 Å². The van der Waals surface area contributed by atoms with Crippen molar-refractivity contribution < 1.29 is 4.52 Å². The monoisotopic (exact) mass is 294 g/mol. The molecule has 0 amide bonds. The number of aromatic nitrogens is 4. The molecule has 1 aromatic carbocycles. The van der Waals surface area contributed by atoms with Crippen LogP contribution in [0.2, 0.25) is 0 Å². The van der Waals surface area contributed by atoms with Crippen LogP contribution < -0.4 is 0 Å². The van der Waals surface area contributed by atoms with Crippen molar-refractivity contribution in [1.82, 2.24) is 19.7 Å². The lowest BCUT2D eigenvalue weighted by molar-refractivity contribution is 0.368. The van der Waals surface area contributed by atoms with Gasteiger partial charge in [-0.15, -0.1) is 0 Å². The van der Waals surface area contributed by atoms with Crippen LogP contribution in [-0.4, -0.2) is 19.7 Å². The number of benzene rings is 1. The van der Waals surface area contributed by atoms with Crippen molar-refractivity contribution in [1.29, 1.82) is 0 Å². The first kappa shape index (κ1) is 13.2. The smallest absolute Gasteiger partial charge is 0.231 e. The molecule has 2 heterocycles. The lowest BCUT2D eigenvalue weighted by Crippen LogP contribution is -1.92. The van der Waals surface area contributed by atoms with Crippen LogP contribution in [0.1, 0.15) is 37.1 Å². The van der Waals surface area contributed by atoms with Crippen molar-refractivity contribution >= 4 is 0 Å². The van der Waals surface area contributed by atoms with E-state index in [1.54, 1.807) is 12.5 Å². The summed E-state index contributed by atoms with van der Waals surface area (Å²) in [4.78, 5) is 8.71. The predicted octanol–water partition coefficient (Wildman–Crippen LogP) is 3.38. The molecule has 22 heavy (non-hydrogen) atoms. The van der Waals surface area contributed by atoms with E-state index in [-0.39, 0.29) is 11.3 Å². The Labute approximate surface area is 129 Å². The van der Waals surface area contributed by atoms with Crippen LogP contribution in [0.3, 0.4) is 0 Å². The molecule has 5 nitrogen and oxygen atoms in total. The van der Waals surface area contributed by atoms with Crippen LogP contribution in [0.15, 0.2) is 47.4 Å². The Morgan fingerprint density at radius 2 is 1.91 bits per heavy atom. The first-order valence-corrected chi connectivity index (χ1v) is 7.44. The van der Waals surface area contributed by atoms with Gasteiger partial charge in [-0.3, -0.25) is 0 Å². The summed E-state index contributed by atoms with van der Waals surface area (Å²) in [7, 11) is 1.92. The third-order valence-corrected chi connectivity index (χ3v) is 4.74. The highest BCUT2D eigenvalue weighted by molar-refractivity contribution is 5.48. The summed E-state index contributed by atoms with van der Waals surface area (Å²) in [6, 6.07) is 10.5. The molecule has 112 valence electrons. The van der Waals surface area contributed by atoms with Crippen LogP contribution in [0.25, 0.3) is 11.5 Å². The van der Waals surface area contributed by atoms with Gasteiger partial charge in [0.2, 0.25) is 11.7 Å². The van der Waals surface area contributed by atoms with Gasteiger partial charge in [0.1, 0.15) is 5.69 Å². The second-order valence-corrected chi connectivity index (χ2v) is 6.53. The minimum Gasteiger partial charge on any atom is -0.339 e. The molecule has 3 aromatic rings.